The molecule has 6 nitrogen and oxygen atoms in total. The second-order valence-electron chi connectivity index (χ2n) is 4.79. The zero-order valence-electron chi connectivity index (χ0n) is 11.3. The number of hydrogen-bond acceptors (Lipinski definition) is 4. The number of hydrogen-bond donors (Lipinski definition) is 2. The molecule has 0 radical (unpaired) electrons. The molecule has 20 heavy (non-hydrogen) atoms. The number of ether oxygens (including phenoxy) is 1. The van der Waals surface area contributed by atoms with Crippen molar-refractivity contribution in [3.05, 3.63) is 29.8 Å². The average molecular weight is 278 g/mol. The smallest absolute Gasteiger partial charge is 0.311 e. The van der Waals surface area contributed by atoms with Crippen molar-refractivity contribution in [1.82, 2.24) is 0 Å². The highest BCUT2D eigenvalue weighted by Gasteiger charge is 2.33. The van der Waals surface area contributed by atoms with Gasteiger partial charge in [0.25, 0.3) is 0 Å². The van der Waals surface area contributed by atoms with Gasteiger partial charge in [-0.2, -0.15) is 0 Å². The Labute approximate surface area is 117 Å². The largest absolute Gasteiger partial charge is 0.481 e. The van der Waals surface area contributed by atoms with Crippen molar-refractivity contribution in [3.8, 4) is 0 Å². The van der Waals surface area contributed by atoms with Crippen LogP contribution in [0.2, 0.25) is 0 Å². The minimum absolute atomic E-state index is 0.139. The molecule has 1 aliphatic heterocycles. The summed E-state index contributed by atoms with van der Waals surface area (Å²) >= 11 is 0. The predicted octanol–water partition coefficient (Wildman–Crippen LogP) is 0.565. The summed E-state index contributed by atoms with van der Waals surface area (Å²) in [6.07, 6.45) is 0.387. The van der Waals surface area contributed by atoms with Crippen molar-refractivity contribution in [3.63, 3.8) is 0 Å². The van der Waals surface area contributed by atoms with Crippen molar-refractivity contribution in [2.75, 3.05) is 25.2 Å². The van der Waals surface area contributed by atoms with Crippen molar-refractivity contribution in [2.24, 2.45) is 5.73 Å². The number of para-hydroxylation sites is 1. The predicted molar refractivity (Wildman–Crippen MR) is 73.6 cm³/mol. The summed E-state index contributed by atoms with van der Waals surface area (Å²) in [5.41, 5.74) is 7.06. The summed E-state index contributed by atoms with van der Waals surface area (Å²) in [5, 5.41) is 9.26. The SMILES string of the molecule is COCC(N)C(=O)N1CCC(C(=O)O)c2ccccc21. The van der Waals surface area contributed by atoms with Crippen LogP contribution in [0, 0.1) is 0 Å². The number of carbonyl (C=O) groups is 2. The summed E-state index contributed by atoms with van der Waals surface area (Å²) in [6.45, 7) is 0.490. The Kier molecular flexibility index (Phi) is 4.36. The highest BCUT2D eigenvalue weighted by molar-refractivity contribution is 5.99. The molecule has 0 saturated carbocycles. The zero-order chi connectivity index (χ0) is 14.7. The van der Waals surface area contributed by atoms with Crippen LogP contribution >= 0.6 is 0 Å². The third-order valence-electron chi connectivity index (χ3n) is 3.47. The van der Waals surface area contributed by atoms with Crippen LogP contribution in [0.5, 0.6) is 0 Å². The summed E-state index contributed by atoms with van der Waals surface area (Å²) in [4.78, 5) is 25.1. The van der Waals surface area contributed by atoms with Gasteiger partial charge in [-0.05, 0) is 18.1 Å². The van der Waals surface area contributed by atoms with Gasteiger partial charge in [0.1, 0.15) is 6.04 Å². The molecular formula is C14H18N2O4. The molecular weight excluding hydrogens is 260 g/mol. The maximum Gasteiger partial charge on any atom is 0.311 e. The number of rotatable bonds is 4. The van der Waals surface area contributed by atoms with Crippen LogP contribution in [0.3, 0.4) is 0 Å². The third kappa shape index (κ3) is 2.66. The maximum absolute atomic E-state index is 12.3. The Morgan fingerprint density at radius 2 is 2.20 bits per heavy atom. The van der Waals surface area contributed by atoms with E-state index in [9.17, 15) is 14.7 Å². The van der Waals surface area contributed by atoms with Crippen molar-refractivity contribution >= 4 is 17.6 Å². The Bertz CT molecular complexity index is 518. The number of amides is 1. The highest BCUT2D eigenvalue weighted by atomic mass is 16.5. The van der Waals surface area contributed by atoms with Crippen LogP contribution in [0.15, 0.2) is 24.3 Å². The Morgan fingerprint density at radius 3 is 2.85 bits per heavy atom. The van der Waals surface area contributed by atoms with E-state index in [4.69, 9.17) is 10.5 Å². The first-order valence-electron chi connectivity index (χ1n) is 6.44. The number of nitrogens with two attached hydrogens (primary N) is 1. The number of anilines is 1. The monoisotopic (exact) mass is 278 g/mol. The lowest BCUT2D eigenvalue weighted by Gasteiger charge is -2.34. The number of fused-ring (bicyclic) bond motifs is 1. The van der Waals surface area contributed by atoms with Crippen LogP contribution in [-0.4, -0.2) is 43.3 Å². The number of methoxy groups -OCH3 is 1. The summed E-state index contributed by atoms with van der Waals surface area (Å²) < 4.78 is 4.90. The molecule has 2 atom stereocenters. The van der Waals surface area contributed by atoms with Gasteiger partial charge in [0.15, 0.2) is 0 Å². The quantitative estimate of drug-likeness (QED) is 0.839. The van der Waals surface area contributed by atoms with Gasteiger partial charge in [0.05, 0.1) is 12.5 Å². The van der Waals surface area contributed by atoms with Crippen molar-refractivity contribution in [2.45, 2.75) is 18.4 Å². The Hall–Kier alpha value is -1.92. The first-order chi connectivity index (χ1) is 9.56. The Balaban J connectivity index is 2.32. The fraction of sp³-hybridized carbons (Fsp3) is 0.429. The van der Waals surface area contributed by atoms with Gasteiger partial charge in [0.2, 0.25) is 5.91 Å². The molecule has 0 aliphatic carbocycles. The number of aliphatic carboxylic acids is 1. The summed E-state index contributed by atoms with van der Waals surface area (Å²) in [6, 6.07) is 6.31. The molecule has 3 N–H and O–H groups in total. The van der Waals surface area contributed by atoms with E-state index in [1.807, 2.05) is 0 Å². The summed E-state index contributed by atoms with van der Waals surface area (Å²) in [7, 11) is 1.48. The van der Waals surface area contributed by atoms with Crippen molar-refractivity contribution < 1.29 is 19.4 Å². The lowest BCUT2D eigenvalue weighted by Crippen LogP contribution is -2.48. The molecule has 0 bridgehead atoms. The van der Waals surface area contributed by atoms with Gasteiger partial charge in [-0.3, -0.25) is 9.59 Å². The van der Waals surface area contributed by atoms with Gasteiger partial charge in [0, 0.05) is 19.3 Å². The van der Waals surface area contributed by atoms with E-state index in [2.05, 4.69) is 0 Å². The molecule has 1 aromatic carbocycles. The third-order valence-corrected chi connectivity index (χ3v) is 3.47. The van der Waals surface area contributed by atoms with Gasteiger partial charge in [-0.1, -0.05) is 18.2 Å². The molecule has 2 unspecified atom stereocenters. The normalized spacial score (nSPS) is 19.3. The molecule has 0 aromatic heterocycles. The molecule has 1 heterocycles. The topological polar surface area (TPSA) is 92.9 Å². The van der Waals surface area contributed by atoms with Crippen LogP contribution in [0.1, 0.15) is 17.9 Å². The van der Waals surface area contributed by atoms with E-state index in [1.54, 1.807) is 29.2 Å². The zero-order valence-corrected chi connectivity index (χ0v) is 11.3. The van der Waals surface area contributed by atoms with Crippen LogP contribution in [0.25, 0.3) is 0 Å². The van der Waals surface area contributed by atoms with Gasteiger partial charge in [-0.25, -0.2) is 0 Å². The summed E-state index contributed by atoms with van der Waals surface area (Å²) in [5.74, 6) is -1.69. The minimum atomic E-state index is -0.870. The lowest BCUT2D eigenvalue weighted by atomic mass is 9.89. The molecule has 1 aromatic rings. The average Bonchev–Trinajstić information content (AvgIpc) is 2.45. The second kappa shape index (κ2) is 6.02. The molecule has 6 heteroatoms. The Morgan fingerprint density at radius 1 is 1.50 bits per heavy atom. The second-order valence-corrected chi connectivity index (χ2v) is 4.79. The molecule has 1 aliphatic rings. The number of carboxylic acid groups (broad SMARTS) is 1. The minimum Gasteiger partial charge on any atom is -0.481 e. The van der Waals surface area contributed by atoms with Crippen LogP contribution < -0.4 is 10.6 Å². The first-order valence-corrected chi connectivity index (χ1v) is 6.44. The molecule has 0 saturated heterocycles. The molecule has 108 valence electrons. The van der Waals surface area contributed by atoms with E-state index >= 15 is 0 Å². The molecule has 0 fully saturated rings. The van der Waals surface area contributed by atoms with Crippen molar-refractivity contribution in [1.29, 1.82) is 0 Å². The van der Waals surface area contributed by atoms with E-state index in [-0.39, 0.29) is 12.5 Å². The number of carbonyl (C=O) groups excluding carboxylic acids is 1. The first kappa shape index (κ1) is 14.5. The fourth-order valence-corrected chi connectivity index (χ4v) is 2.50. The lowest BCUT2D eigenvalue weighted by molar-refractivity contribution is -0.139. The standard InChI is InChI=1S/C14H18N2O4/c1-20-8-11(15)13(17)16-7-6-10(14(18)19)9-4-2-3-5-12(9)16/h2-5,10-11H,6-8,15H2,1H3,(H,18,19). The van der Waals surface area contributed by atoms with E-state index in [0.717, 1.165) is 0 Å². The maximum atomic E-state index is 12.3. The van der Waals surface area contributed by atoms with Gasteiger partial charge >= 0.3 is 5.97 Å². The molecule has 2 rings (SSSR count). The highest BCUT2D eigenvalue weighted by Crippen LogP contribution is 2.35. The number of nitrogens with zero attached hydrogens (tertiary/aromatic N) is 1. The van der Waals surface area contributed by atoms with Crippen LogP contribution in [0.4, 0.5) is 5.69 Å². The van der Waals surface area contributed by atoms with E-state index in [1.165, 1.54) is 7.11 Å². The fourth-order valence-electron chi connectivity index (χ4n) is 2.50. The van der Waals surface area contributed by atoms with Crippen LogP contribution in [-0.2, 0) is 14.3 Å². The molecule has 0 spiro atoms. The van der Waals surface area contributed by atoms with E-state index in [0.29, 0.717) is 24.2 Å². The van der Waals surface area contributed by atoms with Gasteiger partial charge < -0.3 is 20.5 Å². The molecule has 1 amide bonds. The number of carboxylic acids is 1. The van der Waals surface area contributed by atoms with E-state index < -0.39 is 17.9 Å². The van der Waals surface area contributed by atoms with Gasteiger partial charge in [-0.15, -0.1) is 0 Å². The number of benzene rings is 1.